The Morgan fingerprint density at radius 2 is 1.77 bits per heavy atom. The molecule has 132 valence electrons. The summed E-state index contributed by atoms with van der Waals surface area (Å²) >= 11 is 0. The van der Waals surface area contributed by atoms with Gasteiger partial charge in [0, 0.05) is 5.56 Å². The van der Waals surface area contributed by atoms with Crippen LogP contribution in [-0.2, 0) is 4.74 Å². The Balaban J connectivity index is 2.08. The Kier molecular flexibility index (Phi) is 3.91. The largest absolute Gasteiger partial charge is 0.496 e. The van der Waals surface area contributed by atoms with Gasteiger partial charge in [0.25, 0.3) is 0 Å². The number of hydrogen-bond acceptors (Lipinski definition) is 3. The minimum Gasteiger partial charge on any atom is -0.496 e. The number of hydrogen-bond donors (Lipinski definition) is 0. The summed E-state index contributed by atoms with van der Waals surface area (Å²) < 4.78 is 25.1. The fraction of sp³-hybridized carbons (Fsp3) is 0.227. The Morgan fingerprint density at radius 3 is 2.42 bits per heavy atom. The van der Waals surface area contributed by atoms with Crippen LogP contribution in [0.3, 0.4) is 0 Å². The van der Waals surface area contributed by atoms with E-state index in [2.05, 4.69) is 6.07 Å². The van der Waals surface area contributed by atoms with Crippen LogP contribution < -0.4 is 4.74 Å². The molecule has 0 bridgehead atoms. The molecule has 1 aliphatic rings. The van der Waals surface area contributed by atoms with Crippen molar-refractivity contribution >= 4 is 16.7 Å². The molecule has 0 fully saturated rings. The monoisotopic (exact) mass is 349 g/mol. The van der Waals surface area contributed by atoms with Gasteiger partial charge in [-0.1, -0.05) is 36.4 Å². The lowest BCUT2D eigenvalue weighted by Crippen LogP contribution is -2.17. The van der Waals surface area contributed by atoms with Crippen LogP contribution in [0.5, 0.6) is 5.75 Å². The molecule has 0 radical (unpaired) electrons. The molecule has 0 spiro atoms. The van der Waals surface area contributed by atoms with Crippen molar-refractivity contribution in [2.24, 2.45) is 4.99 Å². The molecule has 0 amide bonds. The quantitative estimate of drug-likeness (QED) is 0.650. The van der Waals surface area contributed by atoms with Gasteiger partial charge in [0.05, 0.1) is 18.2 Å². The van der Waals surface area contributed by atoms with Gasteiger partial charge in [0.15, 0.2) is 0 Å². The molecule has 1 aliphatic heterocycles. The number of aliphatic imine (C=N–C) groups is 1. The maximum atomic E-state index is 13.5. The molecule has 0 saturated carbocycles. The van der Waals surface area contributed by atoms with Crippen LogP contribution in [0.1, 0.15) is 19.4 Å². The van der Waals surface area contributed by atoms with Gasteiger partial charge in [0.2, 0.25) is 5.90 Å². The lowest BCUT2D eigenvalue weighted by atomic mass is 9.92. The SMILES string of the molecule is COc1cc2ccccc2c(-c2ccc(F)cc2)c1C1=NC(C)(C)CO1. The fourth-order valence-corrected chi connectivity index (χ4v) is 3.32. The topological polar surface area (TPSA) is 30.8 Å². The second kappa shape index (κ2) is 6.13. The summed E-state index contributed by atoms with van der Waals surface area (Å²) in [5.74, 6) is 0.995. The van der Waals surface area contributed by atoms with Gasteiger partial charge < -0.3 is 9.47 Å². The van der Waals surface area contributed by atoms with E-state index in [9.17, 15) is 4.39 Å². The fourth-order valence-electron chi connectivity index (χ4n) is 3.32. The van der Waals surface area contributed by atoms with Crippen LogP contribution in [0.25, 0.3) is 21.9 Å². The van der Waals surface area contributed by atoms with E-state index in [1.807, 2.05) is 38.1 Å². The molecule has 0 aromatic heterocycles. The average molecular weight is 349 g/mol. The van der Waals surface area contributed by atoms with E-state index in [4.69, 9.17) is 14.5 Å². The molecule has 0 atom stereocenters. The second-order valence-corrected chi connectivity index (χ2v) is 7.07. The molecular weight excluding hydrogens is 329 g/mol. The molecule has 1 heterocycles. The van der Waals surface area contributed by atoms with Crippen molar-refractivity contribution in [3.8, 4) is 16.9 Å². The summed E-state index contributed by atoms with van der Waals surface area (Å²) in [6.07, 6.45) is 0. The molecule has 3 aromatic carbocycles. The molecule has 0 N–H and O–H groups in total. The van der Waals surface area contributed by atoms with Crippen LogP contribution in [0.4, 0.5) is 4.39 Å². The van der Waals surface area contributed by atoms with E-state index in [0.29, 0.717) is 18.3 Å². The number of fused-ring (bicyclic) bond motifs is 1. The Morgan fingerprint density at radius 1 is 1.04 bits per heavy atom. The highest BCUT2D eigenvalue weighted by Gasteiger charge is 2.31. The summed E-state index contributed by atoms with van der Waals surface area (Å²) in [4.78, 5) is 4.75. The normalized spacial score (nSPS) is 15.6. The minimum atomic E-state index is -0.286. The molecule has 26 heavy (non-hydrogen) atoms. The van der Waals surface area contributed by atoms with Crippen molar-refractivity contribution in [1.82, 2.24) is 0 Å². The Labute approximate surface area is 152 Å². The molecule has 4 heteroatoms. The zero-order valence-electron chi connectivity index (χ0n) is 15.0. The maximum Gasteiger partial charge on any atom is 0.221 e. The summed E-state index contributed by atoms with van der Waals surface area (Å²) in [7, 11) is 1.64. The van der Waals surface area contributed by atoms with Crippen LogP contribution in [0, 0.1) is 5.82 Å². The second-order valence-electron chi connectivity index (χ2n) is 7.07. The number of nitrogens with zero attached hydrogens (tertiary/aromatic N) is 1. The average Bonchev–Trinajstić information content (AvgIpc) is 3.00. The highest BCUT2D eigenvalue weighted by molar-refractivity contribution is 6.12. The zero-order valence-corrected chi connectivity index (χ0v) is 15.0. The molecule has 0 aliphatic carbocycles. The van der Waals surface area contributed by atoms with Crippen molar-refractivity contribution in [2.45, 2.75) is 19.4 Å². The molecule has 0 unspecified atom stereocenters. The number of halogens is 1. The molecule has 3 nitrogen and oxygen atoms in total. The lowest BCUT2D eigenvalue weighted by molar-refractivity contribution is 0.278. The maximum absolute atomic E-state index is 13.5. The first kappa shape index (κ1) is 16.6. The first-order valence-corrected chi connectivity index (χ1v) is 8.57. The van der Waals surface area contributed by atoms with Crippen LogP contribution in [0.2, 0.25) is 0 Å². The van der Waals surface area contributed by atoms with E-state index in [1.165, 1.54) is 12.1 Å². The highest BCUT2D eigenvalue weighted by Crippen LogP contribution is 2.40. The van der Waals surface area contributed by atoms with E-state index in [0.717, 1.165) is 27.5 Å². The summed E-state index contributed by atoms with van der Waals surface area (Å²) in [6.45, 7) is 4.58. The zero-order chi connectivity index (χ0) is 18.3. The summed E-state index contributed by atoms with van der Waals surface area (Å²) in [5.41, 5.74) is 2.36. The van der Waals surface area contributed by atoms with E-state index >= 15 is 0 Å². The number of ether oxygens (including phenoxy) is 2. The lowest BCUT2D eigenvalue weighted by Gasteiger charge is -2.17. The van der Waals surface area contributed by atoms with E-state index in [-0.39, 0.29) is 11.4 Å². The predicted molar refractivity (Wildman–Crippen MR) is 102 cm³/mol. The van der Waals surface area contributed by atoms with Gasteiger partial charge in [-0.3, -0.25) is 0 Å². The summed E-state index contributed by atoms with van der Waals surface area (Å²) in [5, 5.41) is 2.09. The van der Waals surface area contributed by atoms with Gasteiger partial charge in [-0.05, 0) is 48.4 Å². The van der Waals surface area contributed by atoms with Crippen molar-refractivity contribution in [3.63, 3.8) is 0 Å². The van der Waals surface area contributed by atoms with Crippen molar-refractivity contribution in [3.05, 3.63) is 66.0 Å². The molecular formula is C22H20FNO2. The van der Waals surface area contributed by atoms with Gasteiger partial charge in [0.1, 0.15) is 18.2 Å². The third-order valence-electron chi connectivity index (χ3n) is 4.55. The van der Waals surface area contributed by atoms with Gasteiger partial charge >= 0.3 is 0 Å². The third kappa shape index (κ3) is 2.81. The minimum absolute atomic E-state index is 0.266. The van der Waals surface area contributed by atoms with Crippen LogP contribution in [-0.4, -0.2) is 25.2 Å². The van der Waals surface area contributed by atoms with E-state index in [1.54, 1.807) is 19.2 Å². The molecule has 3 aromatic rings. The number of methoxy groups -OCH3 is 1. The Hall–Kier alpha value is -2.88. The highest BCUT2D eigenvalue weighted by atomic mass is 19.1. The van der Waals surface area contributed by atoms with Gasteiger partial charge in [-0.25, -0.2) is 9.38 Å². The van der Waals surface area contributed by atoms with Crippen LogP contribution >= 0.6 is 0 Å². The molecule has 0 saturated heterocycles. The van der Waals surface area contributed by atoms with Gasteiger partial charge in [-0.2, -0.15) is 0 Å². The smallest absolute Gasteiger partial charge is 0.221 e. The van der Waals surface area contributed by atoms with Crippen molar-refractivity contribution in [2.75, 3.05) is 13.7 Å². The summed E-state index contributed by atoms with van der Waals surface area (Å²) in [6, 6.07) is 16.6. The van der Waals surface area contributed by atoms with Gasteiger partial charge in [-0.15, -0.1) is 0 Å². The number of rotatable bonds is 3. The first-order valence-electron chi connectivity index (χ1n) is 8.57. The Bertz CT molecular complexity index is 1010. The van der Waals surface area contributed by atoms with Crippen molar-refractivity contribution in [1.29, 1.82) is 0 Å². The number of benzene rings is 3. The standard InChI is InChI=1S/C22H20FNO2/c1-22(2)13-26-21(24-22)20-18(25-3)12-15-6-4-5-7-17(15)19(20)14-8-10-16(23)11-9-14/h4-12H,13H2,1-3H3. The third-order valence-corrected chi connectivity index (χ3v) is 4.55. The van der Waals surface area contributed by atoms with Crippen molar-refractivity contribution < 1.29 is 13.9 Å². The van der Waals surface area contributed by atoms with Crippen LogP contribution in [0.15, 0.2) is 59.6 Å². The first-order chi connectivity index (χ1) is 12.5. The molecule has 4 rings (SSSR count). The predicted octanol–water partition coefficient (Wildman–Crippen LogP) is 5.21. The van der Waals surface area contributed by atoms with E-state index < -0.39 is 0 Å².